The van der Waals surface area contributed by atoms with Gasteiger partial charge in [0, 0.05) is 16.3 Å². The highest BCUT2D eigenvalue weighted by Gasteiger charge is 2.40. The van der Waals surface area contributed by atoms with Crippen LogP contribution in [0.5, 0.6) is 17.2 Å². The minimum absolute atomic E-state index is 0.0749. The highest BCUT2D eigenvalue weighted by Crippen LogP contribution is 2.40. The Labute approximate surface area is 479 Å². The summed E-state index contributed by atoms with van der Waals surface area (Å²) in [6, 6.07) is 15.4. The number of azo groups is 1. The van der Waals surface area contributed by atoms with E-state index in [0.29, 0.717) is 42.4 Å². The first-order valence-corrected chi connectivity index (χ1v) is 30.6. The van der Waals surface area contributed by atoms with Crippen LogP contribution in [-0.4, -0.2) is 76.4 Å². The van der Waals surface area contributed by atoms with Gasteiger partial charge in [0.1, 0.15) is 27.8 Å². The number of amides is 2. The Morgan fingerprint density at radius 2 is 1.37 bits per heavy atom. The molecule has 6 N–H and O–H groups in total. The molecule has 426 valence electrons. The molecule has 0 aliphatic carbocycles. The maximum absolute atomic E-state index is 14.4. The molecule has 0 aromatic heterocycles. The molecule has 2 atom stereocenters. The number of carbonyl (C=O) groups is 2. The second-order valence-corrected chi connectivity index (χ2v) is 25.5. The number of carbonyl (C=O) groups excluding carboxylic acids is 2. The Hall–Kier alpha value is -5.76. The van der Waals surface area contributed by atoms with Crippen LogP contribution in [0.25, 0.3) is 0 Å². The minimum Gasteiger partial charge on any atom is -0.508 e. The predicted octanol–water partition coefficient (Wildman–Crippen LogP) is 13.2. The molecule has 79 heavy (non-hydrogen) atoms. The van der Waals surface area contributed by atoms with Gasteiger partial charge in [-0.2, -0.15) is 32.1 Å². The Kier molecular flexibility index (Phi) is 21.1. The number of unbranched alkanes of at least 4 members (excludes halogenated alkanes) is 9. The van der Waals surface area contributed by atoms with Gasteiger partial charge in [-0.15, -0.1) is 5.10 Å². The number of ether oxygens (including phenoxy) is 2. The van der Waals surface area contributed by atoms with Crippen molar-refractivity contribution in [3.8, 4) is 17.2 Å². The van der Waals surface area contributed by atoms with Crippen molar-refractivity contribution < 1.29 is 58.5 Å². The third-order valence-electron chi connectivity index (χ3n) is 12.2. The summed E-state index contributed by atoms with van der Waals surface area (Å²) in [5, 5.41) is 30.4. The number of sulfonamides is 1. The summed E-state index contributed by atoms with van der Waals surface area (Å²) in [6.45, 7) is 8.05. The Morgan fingerprint density at radius 3 is 1.95 bits per heavy atom. The van der Waals surface area contributed by atoms with Gasteiger partial charge >= 0.3 is 0 Å². The molecular weight excluding hydrogens is 1170 g/mol. The molecule has 6 rings (SSSR count). The fourth-order valence-electron chi connectivity index (χ4n) is 8.21. The lowest BCUT2D eigenvalue weighted by molar-refractivity contribution is -0.123. The number of nitrogens with one attached hydrogen (secondary N) is 3. The molecule has 2 unspecified atom stereocenters. The Balaban J connectivity index is 1.29. The molecule has 0 radical (unpaired) electrons. The number of anilines is 4. The van der Waals surface area contributed by atoms with Crippen LogP contribution in [-0.2, 0) is 45.3 Å². The number of phenolic OH excluding ortho intramolecular Hbond substituents is 1. The second kappa shape index (κ2) is 26.7. The van der Waals surface area contributed by atoms with Crippen molar-refractivity contribution >= 4 is 123 Å². The molecule has 27 heteroatoms. The molecule has 5 aromatic carbocycles. The molecule has 1 heterocycles. The highest BCUT2D eigenvalue weighted by atomic mass is 35.5. The molecule has 0 saturated carbocycles. The van der Waals surface area contributed by atoms with Gasteiger partial charge in [0.25, 0.3) is 42.1 Å². The van der Waals surface area contributed by atoms with E-state index >= 15 is 0 Å². The Bertz CT molecular complexity index is 3420. The van der Waals surface area contributed by atoms with Gasteiger partial charge in [0.15, 0.2) is 11.9 Å². The number of amidine groups is 1. The van der Waals surface area contributed by atoms with Gasteiger partial charge in [-0.1, -0.05) is 132 Å². The van der Waals surface area contributed by atoms with Crippen molar-refractivity contribution in [2.75, 3.05) is 27.5 Å². The first-order valence-electron chi connectivity index (χ1n) is 24.8. The maximum atomic E-state index is 14.4. The van der Waals surface area contributed by atoms with E-state index in [1.807, 2.05) is 25.5 Å². The van der Waals surface area contributed by atoms with Gasteiger partial charge in [-0.05, 0) is 103 Å². The molecule has 20 nitrogen and oxygen atoms in total. The van der Waals surface area contributed by atoms with Crippen molar-refractivity contribution in [3.05, 3.63) is 111 Å². The van der Waals surface area contributed by atoms with Crippen LogP contribution in [0.3, 0.4) is 0 Å². The minimum atomic E-state index is -5.12. The van der Waals surface area contributed by atoms with E-state index in [-0.39, 0.29) is 60.2 Å². The molecule has 0 saturated heterocycles. The van der Waals surface area contributed by atoms with Crippen LogP contribution in [0.2, 0.25) is 20.1 Å². The monoisotopic (exact) mass is 1230 g/mol. The van der Waals surface area contributed by atoms with E-state index in [0.717, 1.165) is 43.9 Å². The average Bonchev–Trinajstić information content (AvgIpc) is 3.65. The van der Waals surface area contributed by atoms with Gasteiger partial charge in [0.05, 0.1) is 49.0 Å². The van der Waals surface area contributed by atoms with Crippen LogP contribution >= 0.6 is 46.4 Å². The van der Waals surface area contributed by atoms with Crippen LogP contribution in [0.15, 0.2) is 115 Å². The summed E-state index contributed by atoms with van der Waals surface area (Å²) in [5.41, 5.74) is -0.400. The largest absolute Gasteiger partial charge is 0.508 e. The summed E-state index contributed by atoms with van der Waals surface area (Å²) in [5.74, 6) is -1.35. The van der Waals surface area contributed by atoms with Crippen LogP contribution in [0.4, 0.5) is 28.4 Å². The number of methoxy groups -OCH3 is 1. The first-order chi connectivity index (χ1) is 37.1. The zero-order valence-corrected chi connectivity index (χ0v) is 48.9. The van der Waals surface area contributed by atoms with Crippen molar-refractivity contribution in [1.29, 1.82) is 0 Å². The standard InChI is InChI=1S/C52H59Cl4N7O13S3/c1-6-7-8-9-10-11-12-13-14-15-16-45(76-35-19-21-43(64)38(29-35)52(2,3)4)50(65)57-32-17-20-39(54)42(27-32)58-49-47(51(66)63(61-49)48-40(55)23-31(53)24-41(48)56)60-59-33-18-22-44(75-5)46(28-33)77(67,68)62-34-25-36(78(69,70)71)30-37(26-34)79(72,73)74/h17-30,45,47,62,64H,6-16H2,1-5H3,(H,57,65)(H,58,61)(H,69,70,71)(H,72,73,74)/b60-59+. The van der Waals surface area contributed by atoms with Crippen LogP contribution in [0, 0.1) is 0 Å². The zero-order valence-electron chi connectivity index (χ0n) is 43.5. The lowest BCUT2D eigenvalue weighted by atomic mass is 9.86. The van der Waals surface area contributed by atoms with E-state index in [1.165, 1.54) is 74.6 Å². The fourth-order valence-corrected chi connectivity index (χ4v) is 11.8. The van der Waals surface area contributed by atoms with Gasteiger partial charge in [0.2, 0.25) is 6.04 Å². The van der Waals surface area contributed by atoms with Gasteiger partial charge in [-0.3, -0.25) is 23.4 Å². The number of halogens is 4. The summed E-state index contributed by atoms with van der Waals surface area (Å²) < 4.78 is 108. The van der Waals surface area contributed by atoms with Crippen molar-refractivity contribution in [2.45, 2.75) is 131 Å². The van der Waals surface area contributed by atoms with E-state index in [2.05, 4.69) is 32.9 Å². The Morgan fingerprint density at radius 1 is 0.759 bits per heavy atom. The number of hydrogen-bond donors (Lipinski definition) is 6. The van der Waals surface area contributed by atoms with Gasteiger partial charge < -0.3 is 25.2 Å². The number of benzene rings is 5. The third kappa shape index (κ3) is 16.9. The van der Waals surface area contributed by atoms with Gasteiger partial charge in [-0.25, -0.2) is 8.42 Å². The van der Waals surface area contributed by atoms with Crippen molar-refractivity contribution in [1.82, 2.24) is 0 Å². The molecular formula is C52H59Cl4N7O13S3. The molecule has 1 aliphatic rings. The lowest BCUT2D eigenvalue weighted by Crippen LogP contribution is -2.33. The molecule has 2 amide bonds. The molecule has 0 bridgehead atoms. The smallest absolute Gasteiger partial charge is 0.294 e. The van der Waals surface area contributed by atoms with E-state index < -0.39 is 80.0 Å². The zero-order chi connectivity index (χ0) is 58.0. The maximum Gasteiger partial charge on any atom is 0.294 e. The molecule has 5 aromatic rings. The number of nitrogens with zero attached hydrogens (tertiary/aromatic N) is 4. The number of phenols is 1. The normalized spacial score (nSPS) is 14.6. The number of aromatic hydroxyl groups is 1. The highest BCUT2D eigenvalue weighted by molar-refractivity contribution is 7.93. The number of rotatable bonds is 25. The fraction of sp³-hybridized carbons (Fsp3) is 0.365. The van der Waals surface area contributed by atoms with Crippen LogP contribution in [0.1, 0.15) is 104 Å². The molecule has 0 fully saturated rings. The van der Waals surface area contributed by atoms with Crippen molar-refractivity contribution in [2.24, 2.45) is 15.3 Å². The van der Waals surface area contributed by atoms with Crippen molar-refractivity contribution in [3.63, 3.8) is 0 Å². The summed E-state index contributed by atoms with van der Waals surface area (Å²) in [6.07, 6.45) is 10.4. The SMILES string of the molecule is CCCCCCCCCCCCC(Oc1ccc(O)c(C(C)(C)C)c1)C(=O)Nc1ccc(Cl)c(NC2=NN(c3c(Cl)cc(Cl)cc3Cl)C(=O)C2/N=N/c2ccc(OC)c(S(=O)(=O)Nc3cc(S(=O)(=O)O)cc(S(=O)(=O)O)c3)c2)c1. The number of hydrazone groups is 1. The number of hydrogen-bond acceptors (Lipinski definition) is 15. The second-order valence-electron chi connectivity index (χ2n) is 19.4. The predicted molar refractivity (Wildman–Crippen MR) is 306 cm³/mol. The molecule has 1 aliphatic heterocycles. The van der Waals surface area contributed by atoms with E-state index in [4.69, 9.17) is 55.9 Å². The quantitative estimate of drug-likeness (QED) is 0.0180. The third-order valence-corrected chi connectivity index (χ3v) is 16.4. The molecule has 0 spiro atoms. The average molecular weight is 1230 g/mol. The lowest BCUT2D eigenvalue weighted by Gasteiger charge is -2.23. The first kappa shape index (κ1) is 62.4. The van der Waals surface area contributed by atoms with E-state index in [1.54, 1.807) is 18.2 Å². The summed E-state index contributed by atoms with van der Waals surface area (Å²) >= 11 is 26.0. The van der Waals surface area contributed by atoms with Crippen LogP contribution < -0.4 is 29.8 Å². The summed E-state index contributed by atoms with van der Waals surface area (Å²) in [7, 11) is -14.0. The van der Waals surface area contributed by atoms with E-state index in [9.17, 15) is 49.1 Å². The summed E-state index contributed by atoms with van der Waals surface area (Å²) in [4.78, 5) is 25.8. The topological polar surface area (TPSA) is 292 Å².